The fraction of sp³-hybridized carbons (Fsp3) is 0.684. The molecule has 0 amide bonds. The quantitative estimate of drug-likeness (QED) is 0.784. The third-order valence-electron chi connectivity index (χ3n) is 5.39. The van der Waals surface area contributed by atoms with Crippen LogP contribution < -0.4 is 0 Å². The Labute approximate surface area is 154 Å². The van der Waals surface area contributed by atoms with E-state index in [9.17, 15) is 0 Å². The number of ether oxygens (including phenoxy) is 1. The van der Waals surface area contributed by atoms with E-state index in [1.807, 2.05) is 4.68 Å². The second-order valence-electron chi connectivity index (χ2n) is 7.48. The zero-order chi connectivity index (χ0) is 17.9. The van der Waals surface area contributed by atoms with Gasteiger partial charge in [0, 0.05) is 56.9 Å². The van der Waals surface area contributed by atoms with Gasteiger partial charge in [0.2, 0.25) is 0 Å². The number of fused-ring (bicyclic) bond motifs is 3. The first kappa shape index (κ1) is 17.7. The van der Waals surface area contributed by atoms with Crippen LogP contribution in [0.25, 0.3) is 0 Å². The van der Waals surface area contributed by atoms with E-state index in [4.69, 9.17) is 9.26 Å². The number of nitrogens with zero attached hydrogens (tertiary/aromatic N) is 5. The zero-order valence-electron chi connectivity index (χ0n) is 15.8. The summed E-state index contributed by atoms with van der Waals surface area (Å²) in [7, 11) is 0. The Balaban J connectivity index is 1.44. The number of hydrogen-bond donors (Lipinski definition) is 0. The molecule has 2 saturated heterocycles. The molecule has 0 unspecified atom stereocenters. The summed E-state index contributed by atoms with van der Waals surface area (Å²) in [4.78, 5) is 5.06. The van der Waals surface area contributed by atoms with Crippen LogP contribution in [0.1, 0.15) is 31.0 Å². The van der Waals surface area contributed by atoms with Crippen molar-refractivity contribution in [3.8, 4) is 0 Å². The standard InChI is InChI=1S/C19H29N5O2/c1-3-16-7-19(26-21-16)12-23-9-15-8-22(11-18(23)14-25-13-15)10-17-5-6-24(4-2)20-17/h5-7,15,18H,3-4,8-14H2,1-2H3/t15-,18-/m0/s1. The minimum atomic E-state index is 0.380. The van der Waals surface area contributed by atoms with Crippen LogP contribution in [0.15, 0.2) is 22.9 Å². The van der Waals surface area contributed by atoms with Gasteiger partial charge in [-0.2, -0.15) is 5.10 Å². The third kappa shape index (κ3) is 4.00. The lowest BCUT2D eigenvalue weighted by Gasteiger charge is -2.30. The molecule has 0 spiro atoms. The number of hydrogen-bond acceptors (Lipinski definition) is 6. The van der Waals surface area contributed by atoms with Gasteiger partial charge in [0.05, 0.1) is 31.1 Å². The topological polar surface area (TPSA) is 59.6 Å². The molecule has 2 aliphatic rings. The summed E-state index contributed by atoms with van der Waals surface area (Å²) in [5, 5.41) is 8.79. The van der Waals surface area contributed by atoms with Gasteiger partial charge in [-0.3, -0.25) is 14.5 Å². The third-order valence-corrected chi connectivity index (χ3v) is 5.39. The molecule has 2 fully saturated rings. The van der Waals surface area contributed by atoms with Crippen molar-refractivity contribution < 1.29 is 9.26 Å². The Hall–Kier alpha value is -1.70. The molecule has 0 N–H and O–H groups in total. The summed E-state index contributed by atoms with van der Waals surface area (Å²) in [6.45, 7) is 11.6. The molecule has 4 heterocycles. The number of rotatable bonds is 6. The van der Waals surface area contributed by atoms with Crippen molar-refractivity contribution in [2.45, 2.75) is 45.9 Å². The molecule has 2 bridgehead atoms. The highest BCUT2D eigenvalue weighted by Gasteiger charge is 2.34. The van der Waals surface area contributed by atoms with Crippen molar-refractivity contribution in [1.29, 1.82) is 0 Å². The summed E-state index contributed by atoms with van der Waals surface area (Å²) in [6.07, 6.45) is 2.98. The van der Waals surface area contributed by atoms with Crippen LogP contribution >= 0.6 is 0 Å². The minimum absolute atomic E-state index is 0.380. The molecule has 2 aliphatic heterocycles. The Morgan fingerprint density at radius 2 is 2.04 bits per heavy atom. The van der Waals surface area contributed by atoms with E-state index >= 15 is 0 Å². The van der Waals surface area contributed by atoms with Crippen molar-refractivity contribution >= 4 is 0 Å². The molecule has 0 aromatic carbocycles. The molecule has 7 heteroatoms. The molecule has 2 atom stereocenters. The SMILES string of the molecule is CCc1cc(CN2C[C@H]3COC[C@@H]2CN(Cc2ccn(CC)n2)C3)on1. The molecular formula is C19H29N5O2. The second-order valence-corrected chi connectivity index (χ2v) is 7.48. The molecule has 0 radical (unpaired) electrons. The first-order valence-corrected chi connectivity index (χ1v) is 9.74. The molecule has 7 nitrogen and oxygen atoms in total. The first-order valence-electron chi connectivity index (χ1n) is 9.74. The molecule has 2 aromatic rings. The van der Waals surface area contributed by atoms with Gasteiger partial charge in [-0.05, 0) is 19.4 Å². The highest BCUT2D eigenvalue weighted by Crippen LogP contribution is 2.23. The fourth-order valence-electron chi connectivity index (χ4n) is 4.04. The second kappa shape index (κ2) is 7.90. The van der Waals surface area contributed by atoms with E-state index in [0.717, 1.165) is 76.1 Å². The van der Waals surface area contributed by atoms with E-state index in [1.54, 1.807) is 0 Å². The number of aryl methyl sites for hydroxylation is 2. The van der Waals surface area contributed by atoms with Gasteiger partial charge in [-0.1, -0.05) is 12.1 Å². The van der Waals surface area contributed by atoms with E-state index in [0.29, 0.717) is 12.0 Å². The Morgan fingerprint density at radius 1 is 1.12 bits per heavy atom. The molecule has 4 rings (SSSR count). The highest BCUT2D eigenvalue weighted by molar-refractivity contribution is 5.06. The fourth-order valence-corrected chi connectivity index (χ4v) is 4.04. The van der Waals surface area contributed by atoms with Crippen molar-refractivity contribution in [3.05, 3.63) is 35.5 Å². The predicted molar refractivity (Wildman–Crippen MR) is 97.6 cm³/mol. The normalized spacial score (nSPS) is 24.7. The molecule has 2 aromatic heterocycles. The molecule has 26 heavy (non-hydrogen) atoms. The predicted octanol–water partition coefficient (Wildman–Crippen LogP) is 1.79. The summed E-state index contributed by atoms with van der Waals surface area (Å²) >= 11 is 0. The van der Waals surface area contributed by atoms with Gasteiger partial charge in [-0.15, -0.1) is 0 Å². The smallest absolute Gasteiger partial charge is 0.150 e. The van der Waals surface area contributed by atoms with Crippen LogP contribution in [0.2, 0.25) is 0 Å². The summed E-state index contributed by atoms with van der Waals surface area (Å²) in [5.41, 5.74) is 2.18. The van der Waals surface area contributed by atoms with Gasteiger partial charge >= 0.3 is 0 Å². The minimum Gasteiger partial charge on any atom is -0.379 e. The monoisotopic (exact) mass is 359 g/mol. The van der Waals surface area contributed by atoms with Crippen molar-refractivity contribution in [1.82, 2.24) is 24.7 Å². The van der Waals surface area contributed by atoms with Crippen molar-refractivity contribution in [2.24, 2.45) is 5.92 Å². The van der Waals surface area contributed by atoms with E-state index in [-0.39, 0.29) is 0 Å². The van der Waals surface area contributed by atoms with Gasteiger partial charge < -0.3 is 9.26 Å². The van der Waals surface area contributed by atoms with Crippen LogP contribution in [0.4, 0.5) is 0 Å². The maximum atomic E-state index is 5.94. The highest BCUT2D eigenvalue weighted by atomic mass is 16.5. The van der Waals surface area contributed by atoms with Gasteiger partial charge in [0.1, 0.15) is 0 Å². The lowest BCUT2D eigenvalue weighted by atomic mass is 10.1. The van der Waals surface area contributed by atoms with Gasteiger partial charge in [0.15, 0.2) is 5.76 Å². The molecule has 0 saturated carbocycles. The van der Waals surface area contributed by atoms with Crippen LogP contribution in [0.3, 0.4) is 0 Å². The first-order chi connectivity index (χ1) is 12.7. The zero-order valence-corrected chi connectivity index (χ0v) is 15.8. The van der Waals surface area contributed by atoms with Crippen LogP contribution in [-0.2, 0) is 30.8 Å². The lowest BCUT2D eigenvalue weighted by Crippen LogP contribution is -2.43. The lowest BCUT2D eigenvalue weighted by molar-refractivity contribution is 0.0453. The van der Waals surface area contributed by atoms with E-state index in [2.05, 4.69) is 52.2 Å². The Bertz CT molecular complexity index is 712. The summed E-state index contributed by atoms with van der Waals surface area (Å²) in [5.74, 6) is 1.48. The molecule has 142 valence electrons. The van der Waals surface area contributed by atoms with Crippen LogP contribution in [0.5, 0.6) is 0 Å². The van der Waals surface area contributed by atoms with Crippen LogP contribution in [0, 0.1) is 5.92 Å². The average Bonchev–Trinajstić information content (AvgIpc) is 3.19. The maximum Gasteiger partial charge on any atom is 0.150 e. The van der Waals surface area contributed by atoms with Crippen molar-refractivity contribution in [2.75, 3.05) is 32.8 Å². The summed E-state index contributed by atoms with van der Waals surface area (Å²) in [6, 6.07) is 4.61. The number of aromatic nitrogens is 3. The Kier molecular flexibility index (Phi) is 5.38. The molecule has 0 aliphatic carbocycles. The van der Waals surface area contributed by atoms with Crippen molar-refractivity contribution in [3.63, 3.8) is 0 Å². The Morgan fingerprint density at radius 3 is 2.81 bits per heavy atom. The average molecular weight is 359 g/mol. The molecular weight excluding hydrogens is 330 g/mol. The van der Waals surface area contributed by atoms with E-state index < -0.39 is 0 Å². The summed E-state index contributed by atoms with van der Waals surface area (Å²) < 4.78 is 13.5. The van der Waals surface area contributed by atoms with Crippen LogP contribution in [-0.4, -0.2) is 63.6 Å². The maximum absolute atomic E-state index is 5.94. The largest absolute Gasteiger partial charge is 0.379 e. The van der Waals surface area contributed by atoms with E-state index in [1.165, 1.54) is 0 Å². The van der Waals surface area contributed by atoms with Gasteiger partial charge in [-0.25, -0.2) is 0 Å². The van der Waals surface area contributed by atoms with Gasteiger partial charge in [0.25, 0.3) is 0 Å².